The van der Waals surface area contributed by atoms with Crippen molar-refractivity contribution in [3.8, 4) is 11.5 Å². The Hall–Kier alpha value is -3.14. The second-order valence-corrected chi connectivity index (χ2v) is 13.5. The second kappa shape index (κ2) is 26.6. The molecule has 0 radical (unpaired) electrons. The maximum atomic E-state index is 10.4. The van der Waals surface area contributed by atoms with Crippen LogP contribution in [-0.2, 0) is 17.6 Å². The Morgan fingerprint density at radius 1 is 0.706 bits per heavy atom. The number of hydrogen-bond acceptors (Lipinski definition) is 7. The molecule has 6 N–H and O–H groups in total. The summed E-state index contributed by atoms with van der Waals surface area (Å²) in [6.07, 6.45) is 5.59. The van der Waals surface area contributed by atoms with Crippen molar-refractivity contribution in [2.45, 2.75) is 52.1 Å². The maximum absolute atomic E-state index is 10.4. The quantitative estimate of drug-likeness (QED) is 0.0670. The molecule has 1 heterocycles. The molecular formula is C41H55Cl3N4O3. The third-order valence-corrected chi connectivity index (χ3v) is 8.72. The van der Waals surface area contributed by atoms with Crippen LogP contribution in [0.15, 0.2) is 109 Å². The highest BCUT2D eigenvalue weighted by molar-refractivity contribution is 6.63. The molecule has 0 aromatic heterocycles. The van der Waals surface area contributed by atoms with Crippen LogP contribution in [-0.4, -0.2) is 50.8 Å². The van der Waals surface area contributed by atoms with E-state index in [1.807, 2.05) is 42.5 Å². The maximum Gasteiger partial charge on any atom is 0.221 e. The number of ether oxygens (including phenoxy) is 2. The molecule has 0 saturated carbocycles. The number of rotatable bonds is 16. The van der Waals surface area contributed by atoms with Gasteiger partial charge < -0.3 is 31.6 Å². The smallest absolute Gasteiger partial charge is 0.221 e. The highest BCUT2D eigenvalue weighted by Crippen LogP contribution is 2.17. The van der Waals surface area contributed by atoms with E-state index in [0.717, 1.165) is 61.9 Å². The Bertz CT molecular complexity index is 1440. The lowest BCUT2D eigenvalue weighted by Gasteiger charge is -2.31. The van der Waals surface area contributed by atoms with E-state index in [2.05, 4.69) is 53.1 Å². The van der Waals surface area contributed by atoms with E-state index in [1.54, 1.807) is 24.3 Å². The fourth-order valence-electron chi connectivity index (χ4n) is 5.21. The van der Waals surface area contributed by atoms with E-state index in [9.17, 15) is 4.79 Å². The van der Waals surface area contributed by atoms with Gasteiger partial charge in [-0.05, 0) is 128 Å². The summed E-state index contributed by atoms with van der Waals surface area (Å²) >= 11 is 16.7. The van der Waals surface area contributed by atoms with Crippen molar-refractivity contribution in [2.24, 2.45) is 23.3 Å². The summed E-state index contributed by atoms with van der Waals surface area (Å²) in [5.74, 6) is 2.71. The van der Waals surface area contributed by atoms with Crippen molar-refractivity contribution in [1.29, 1.82) is 0 Å². The van der Waals surface area contributed by atoms with Crippen LogP contribution in [0, 0.1) is 11.8 Å². The lowest BCUT2D eigenvalue weighted by molar-refractivity contribution is -0.111. The zero-order valence-corrected chi connectivity index (χ0v) is 30.9. The predicted octanol–water partition coefficient (Wildman–Crippen LogP) is 8.54. The third kappa shape index (κ3) is 19.9. The average Bonchev–Trinajstić information content (AvgIpc) is 3.14. The van der Waals surface area contributed by atoms with E-state index in [1.165, 1.54) is 11.1 Å². The van der Waals surface area contributed by atoms with Crippen LogP contribution in [0.3, 0.4) is 0 Å². The van der Waals surface area contributed by atoms with Gasteiger partial charge in [0.15, 0.2) is 0 Å². The first-order chi connectivity index (χ1) is 24.3. The van der Waals surface area contributed by atoms with Crippen molar-refractivity contribution < 1.29 is 14.3 Å². The van der Waals surface area contributed by atoms with Crippen LogP contribution in [0.2, 0.25) is 10.0 Å². The molecule has 0 atom stereocenters. The van der Waals surface area contributed by atoms with Crippen LogP contribution in [0.4, 0.5) is 0 Å². The highest BCUT2D eigenvalue weighted by Gasteiger charge is 2.19. The minimum Gasteiger partial charge on any atom is -0.494 e. The molecule has 1 fully saturated rings. The number of nitrogens with two attached hydrogens (primary N) is 2. The molecule has 10 heteroatoms. The summed E-state index contributed by atoms with van der Waals surface area (Å²) in [6, 6.07) is 35.6. The highest BCUT2D eigenvalue weighted by atomic mass is 35.5. The molecule has 0 spiro atoms. The molecule has 1 aliphatic rings. The van der Waals surface area contributed by atoms with Crippen LogP contribution in [0.1, 0.15) is 44.2 Å². The number of halogens is 3. The van der Waals surface area contributed by atoms with Gasteiger partial charge in [0, 0.05) is 29.6 Å². The van der Waals surface area contributed by atoms with E-state index in [0.29, 0.717) is 55.6 Å². The molecule has 7 nitrogen and oxygen atoms in total. The number of hydrogen-bond donors (Lipinski definition) is 4. The minimum atomic E-state index is -0.329. The van der Waals surface area contributed by atoms with Gasteiger partial charge in [-0.3, -0.25) is 4.79 Å². The Labute approximate surface area is 320 Å². The van der Waals surface area contributed by atoms with E-state index in [-0.39, 0.29) is 12.7 Å². The zero-order valence-electron chi connectivity index (χ0n) is 28.6. The van der Waals surface area contributed by atoms with Gasteiger partial charge in [-0.1, -0.05) is 91.3 Å². The van der Waals surface area contributed by atoms with E-state index in [4.69, 9.17) is 55.7 Å². The van der Waals surface area contributed by atoms with Gasteiger partial charge in [0.1, 0.15) is 11.5 Å². The number of nitrogens with one attached hydrogen (secondary N) is 2. The van der Waals surface area contributed by atoms with Crippen LogP contribution >= 0.6 is 34.8 Å². The molecule has 51 heavy (non-hydrogen) atoms. The molecule has 0 unspecified atom stereocenters. The van der Waals surface area contributed by atoms with Crippen molar-refractivity contribution in [2.75, 3.05) is 39.4 Å². The molecule has 0 bridgehead atoms. The Balaban J connectivity index is 0.000000286. The standard InChI is InChI=1S/C20H25ClN2O.C10H10Cl2O2.C10H16N2.CH4/c21-18-8-10-19(11-9-18)24-12-4-7-20-22-14-17(15-23-20)13-16-5-2-1-3-6-16;11-8-3-5-9(6-4-8)14-7-1-2-10(12)13;11-7-10(8-12)6-9-4-2-1-3-5-9;/h1-3,5-6,8-11,17,20,22-23H,4,7,12-15H2;3-6H,1-2,7H2;1-5,10H,6-8,11-12H2;1H4. The summed E-state index contributed by atoms with van der Waals surface area (Å²) < 4.78 is 11.1. The first kappa shape index (κ1) is 44.0. The summed E-state index contributed by atoms with van der Waals surface area (Å²) in [4.78, 5) is 10.4. The van der Waals surface area contributed by atoms with Gasteiger partial charge >= 0.3 is 0 Å². The SMILES string of the molecule is C.Clc1ccc(OCCCC2NCC(Cc3ccccc3)CN2)cc1.NCC(CN)Cc1ccccc1.O=C(Cl)CCCOc1ccc(Cl)cc1. The number of benzene rings is 4. The Morgan fingerprint density at radius 2 is 1.18 bits per heavy atom. The lowest BCUT2D eigenvalue weighted by Crippen LogP contribution is -2.53. The van der Waals surface area contributed by atoms with E-state index >= 15 is 0 Å². The molecule has 1 saturated heterocycles. The minimum absolute atomic E-state index is 0. The molecular weight excluding hydrogens is 703 g/mol. The van der Waals surface area contributed by atoms with Crippen molar-refractivity contribution in [3.05, 3.63) is 130 Å². The van der Waals surface area contributed by atoms with Gasteiger partial charge in [0.05, 0.1) is 19.4 Å². The third-order valence-electron chi connectivity index (χ3n) is 8.03. The largest absolute Gasteiger partial charge is 0.494 e. The van der Waals surface area contributed by atoms with Gasteiger partial charge in [0.25, 0.3) is 0 Å². The molecule has 5 rings (SSSR count). The molecule has 4 aromatic rings. The van der Waals surface area contributed by atoms with E-state index < -0.39 is 0 Å². The van der Waals surface area contributed by atoms with Gasteiger partial charge in [0.2, 0.25) is 5.24 Å². The Kier molecular flexibility index (Phi) is 23.0. The lowest BCUT2D eigenvalue weighted by atomic mass is 9.97. The summed E-state index contributed by atoms with van der Waals surface area (Å²) in [5.41, 5.74) is 13.8. The zero-order chi connectivity index (χ0) is 35.8. The Morgan fingerprint density at radius 3 is 1.65 bits per heavy atom. The summed E-state index contributed by atoms with van der Waals surface area (Å²) in [5, 5.41) is 8.31. The predicted molar refractivity (Wildman–Crippen MR) is 215 cm³/mol. The number of carbonyl (C=O) groups is 1. The fourth-order valence-corrected chi connectivity index (χ4v) is 5.59. The van der Waals surface area contributed by atoms with Gasteiger partial charge in [-0.2, -0.15) is 0 Å². The monoisotopic (exact) mass is 756 g/mol. The van der Waals surface area contributed by atoms with Crippen molar-refractivity contribution in [3.63, 3.8) is 0 Å². The van der Waals surface area contributed by atoms with Crippen molar-refractivity contribution >= 4 is 40.0 Å². The average molecular weight is 758 g/mol. The van der Waals surface area contributed by atoms with Crippen LogP contribution < -0.4 is 31.6 Å². The summed E-state index contributed by atoms with van der Waals surface area (Å²) in [7, 11) is 0. The van der Waals surface area contributed by atoms with Crippen LogP contribution in [0.25, 0.3) is 0 Å². The topological polar surface area (TPSA) is 112 Å². The second-order valence-electron chi connectivity index (χ2n) is 12.2. The first-order valence-electron chi connectivity index (χ1n) is 17.2. The normalized spacial score (nSPS) is 14.9. The molecule has 1 aliphatic heterocycles. The fraction of sp³-hybridized carbons (Fsp3) is 0.390. The number of carbonyl (C=O) groups excluding carboxylic acids is 1. The molecule has 278 valence electrons. The van der Waals surface area contributed by atoms with Crippen molar-refractivity contribution in [1.82, 2.24) is 10.6 Å². The van der Waals surface area contributed by atoms with Gasteiger partial charge in [-0.15, -0.1) is 0 Å². The molecule has 0 aliphatic carbocycles. The van der Waals surface area contributed by atoms with Crippen LogP contribution in [0.5, 0.6) is 11.5 Å². The molecule has 4 aromatic carbocycles. The first-order valence-corrected chi connectivity index (χ1v) is 18.4. The molecule has 0 amide bonds. The van der Waals surface area contributed by atoms with Gasteiger partial charge in [-0.25, -0.2) is 0 Å². The summed E-state index contributed by atoms with van der Waals surface area (Å²) in [6.45, 7) is 4.71.